The van der Waals surface area contributed by atoms with Crippen molar-refractivity contribution in [1.29, 1.82) is 5.26 Å². The van der Waals surface area contributed by atoms with Crippen molar-refractivity contribution in [1.82, 2.24) is 14.0 Å². The smallest absolute Gasteiger partial charge is 0.182 e. The molecule has 9 heteroatoms. The van der Waals surface area contributed by atoms with E-state index in [9.17, 15) is 5.26 Å². The van der Waals surface area contributed by atoms with Crippen LogP contribution in [-0.2, 0) is 25.4 Å². The standard InChI is InChI=1S/C19H23ClN6OS/c1-24-17(22)16(9-21)18(25(2)19(24)28)23-10-15-12-26(7-8-27-15)11-13-3-5-14(20)6-4-13/h3-6,15H,7-8,10-12,22H2,1-2H3. The quantitative estimate of drug-likeness (QED) is 0.767. The molecule has 1 aromatic heterocycles. The fraction of sp³-hybridized carbons (Fsp3) is 0.421. The van der Waals surface area contributed by atoms with Crippen molar-refractivity contribution in [2.24, 2.45) is 19.1 Å². The minimum atomic E-state index is -0.0589. The van der Waals surface area contributed by atoms with Crippen molar-refractivity contribution in [3.63, 3.8) is 0 Å². The zero-order valence-electron chi connectivity index (χ0n) is 15.9. The first-order chi connectivity index (χ1) is 13.4. The number of hydrogen-bond acceptors (Lipinski definition) is 6. The van der Waals surface area contributed by atoms with Crippen LogP contribution in [0.15, 0.2) is 29.3 Å². The molecule has 0 spiro atoms. The minimum absolute atomic E-state index is 0.0589. The fourth-order valence-electron chi connectivity index (χ4n) is 3.23. The number of aromatic nitrogens is 2. The van der Waals surface area contributed by atoms with Crippen LogP contribution in [0.2, 0.25) is 5.02 Å². The second kappa shape index (κ2) is 8.88. The Hall–Kier alpha value is -2.18. The molecule has 1 unspecified atom stereocenters. The predicted octanol–water partition coefficient (Wildman–Crippen LogP) is 2.00. The summed E-state index contributed by atoms with van der Waals surface area (Å²) in [6.07, 6.45) is -0.0589. The molecule has 1 atom stereocenters. The van der Waals surface area contributed by atoms with Gasteiger partial charge >= 0.3 is 0 Å². The highest BCUT2D eigenvalue weighted by Gasteiger charge is 2.20. The number of halogens is 1. The third-order valence-corrected chi connectivity index (χ3v) is 5.63. The van der Waals surface area contributed by atoms with E-state index < -0.39 is 0 Å². The first kappa shape index (κ1) is 20.6. The molecule has 0 amide bonds. The van der Waals surface area contributed by atoms with Crippen molar-refractivity contribution in [3.05, 3.63) is 50.7 Å². The van der Waals surface area contributed by atoms with Gasteiger partial charge in [0.1, 0.15) is 17.5 Å². The second-order valence-electron chi connectivity index (χ2n) is 6.79. The highest BCUT2D eigenvalue weighted by atomic mass is 35.5. The summed E-state index contributed by atoms with van der Waals surface area (Å²) in [4.78, 5) is 6.96. The van der Waals surface area contributed by atoms with Gasteiger partial charge in [-0.1, -0.05) is 23.7 Å². The third kappa shape index (κ3) is 4.45. The number of rotatable bonds is 4. The number of benzene rings is 1. The Bertz CT molecular complexity index is 1020. The lowest BCUT2D eigenvalue weighted by atomic mass is 10.2. The number of ether oxygens (including phenoxy) is 1. The Balaban J connectivity index is 1.76. The van der Waals surface area contributed by atoms with Gasteiger partial charge in [-0.25, -0.2) is 0 Å². The third-order valence-electron chi connectivity index (χ3n) is 4.83. The molecular formula is C19H23ClN6OS. The molecule has 0 bridgehead atoms. The average Bonchev–Trinajstić information content (AvgIpc) is 2.70. The van der Waals surface area contributed by atoms with E-state index >= 15 is 0 Å². The van der Waals surface area contributed by atoms with Crippen LogP contribution >= 0.6 is 23.8 Å². The van der Waals surface area contributed by atoms with Crippen LogP contribution < -0.4 is 11.2 Å². The van der Waals surface area contributed by atoms with Crippen LogP contribution in [0.5, 0.6) is 0 Å². The number of nitriles is 1. The molecule has 1 aromatic carbocycles. The molecule has 28 heavy (non-hydrogen) atoms. The average molecular weight is 419 g/mol. The van der Waals surface area contributed by atoms with Crippen LogP contribution in [0, 0.1) is 16.1 Å². The summed E-state index contributed by atoms with van der Waals surface area (Å²) in [7, 11) is 3.52. The van der Waals surface area contributed by atoms with Gasteiger partial charge < -0.3 is 19.6 Å². The van der Waals surface area contributed by atoms with Gasteiger partial charge in [-0.3, -0.25) is 9.89 Å². The van der Waals surface area contributed by atoms with E-state index in [1.807, 2.05) is 24.3 Å². The molecule has 0 aliphatic carbocycles. The zero-order valence-corrected chi connectivity index (χ0v) is 17.5. The lowest BCUT2D eigenvalue weighted by molar-refractivity contribution is -0.0262. The zero-order chi connectivity index (χ0) is 20.3. The van der Waals surface area contributed by atoms with Gasteiger partial charge in [0.2, 0.25) is 0 Å². The summed E-state index contributed by atoms with van der Waals surface area (Å²) in [6.45, 7) is 3.53. The molecule has 0 radical (unpaired) electrons. The van der Waals surface area contributed by atoms with E-state index in [1.165, 1.54) is 5.56 Å². The van der Waals surface area contributed by atoms with Gasteiger partial charge in [0.15, 0.2) is 10.3 Å². The van der Waals surface area contributed by atoms with Gasteiger partial charge in [-0.15, -0.1) is 0 Å². The van der Waals surface area contributed by atoms with E-state index in [0.717, 1.165) is 24.7 Å². The van der Waals surface area contributed by atoms with Crippen molar-refractivity contribution < 1.29 is 4.74 Å². The van der Waals surface area contributed by atoms with E-state index in [2.05, 4.69) is 16.0 Å². The summed E-state index contributed by atoms with van der Waals surface area (Å²) < 4.78 is 9.69. The van der Waals surface area contributed by atoms with Crippen molar-refractivity contribution in [3.8, 4) is 6.07 Å². The van der Waals surface area contributed by atoms with E-state index in [1.54, 1.807) is 23.2 Å². The van der Waals surface area contributed by atoms with Gasteiger partial charge in [-0.05, 0) is 29.9 Å². The molecule has 7 nitrogen and oxygen atoms in total. The highest BCUT2D eigenvalue weighted by Crippen LogP contribution is 2.14. The summed E-state index contributed by atoms with van der Waals surface area (Å²) >= 11 is 11.3. The lowest BCUT2D eigenvalue weighted by Crippen LogP contribution is -2.43. The SMILES string of the molecule is Cn1c(N)c(C#N)c(=NCC2CN(Cc3ccc(Cl)cc3)CCO2)n(C)c1=S. The molecule has 3 rings (SSSR count). The number of hydrogen-bond donors (Lipinski definition) is 1. The van der Waals surface area contributed by atoms with E-state index in [0.29, 0.717) is 34.8 Å². The van der Waals surface area contributed by atoms with E-state index in [4.69, 9.17) is 34.3 Å². The normalized spacial score (nSPS) is 18.2. The Labute approximate surface area is 174 Å². The number of morpholine rings is 1. The lowest BCUT2D eigenvalue weighted by Gasteiger charge is -2.32. The highest BCUT2D eigenvalue weighted by molar-refractivity contribution is 7.71. The Morgan fingerprint density at radius 1 is 1.32 bits per heavy atom. The fourth-order valence-corrected chi connectivity index (χ4v) is 3.54. The van der Waals surface area contributed by atoms with Crippen LogP contribution in [0.4, 0.5) is 5.82 Å². The topological polar surface area (TPSA) is 84.5 Å². The molecule has 1 aliphatic rings. The van der Waals surface area contributed by atoms with Gasteiger partial charge in [0.25, 0.3) is 0 Å². The van der Waals surface area contributed by atoms with Crippen molar-refractivity contribution >= 4 is 29.6 Å². The summed E-state index contributed by atoms with van der Waals surface area (Å²) in [6, 6.07) is 10.0. The maximum Gasteiger partial charge on any atom is 0.182 e. The van der Waals surface area contributed by atoms with Crippen LogP contribution in [0.25, 0.3) is 0 Å². The number of nitrogen functional groups attached to an aromatic ring is 1. The predicted molar refractivity (Wildman–Crippen MR) is 111 cm³/mol. The molecule has 1 fully saturated rings. The largest absolute Gasteiger partial charge is 0.384 e. The Morgan fingerprint density at radius 3 is 2.71 bits per heavy atom. The van der Waals surface area contributed by atoms with Gasteiger partial charge in [0.05, 0.1) is 19.3 Å². The maximum atomic E-state index is 9.50. The van der Waals surface area contributed by atoms with Gasteiger partial charge in [-0.2, -0.15) is 5.26 Å². The number of nitrogens with zero attached hydrogens (tertiary/aromatic N) is 5. The van der Waals surface area contributed by atoms with E-state index in [-0.39, 0.29) is 6.10 Å². The van der Waals surface area contributed by atoms with Crippen LogP contribution in [0.1, 0.15) is 11.1 Å². The Kier molecular flexibility index (Phi) is 6.52. The molecule has 1 saturated heterocycles. The van der Waals surface area contributed by atoms with Crippen LogP contribution in [-0.4, -0.2) is 46.4 Å². The maximum absolute atomic E-state index is 9.50. The van der Waals surface area contributed by atoms with Crippen molar-refractivity contribution in [2.75, 3.05) is 32.0 Å². The molecule has 2 aromatic rings. The van der Waals surface area contributed by atoms with Crippen molar-refractivity contribution in [2.45, 2.75) is 12.6 Å². The monoisotopic (exact) mass is 418 g/mol. The van der Waals surface area contributed by atoms with Gasteiger partial charge in [0, 0.05) is 38.8 Å². The summed E-state index contributed by atoms with van der Waals surface area (Å²) in [5.74, 6) is 0.318. The molecule has 1 aliphatic heterocycles. The summed E-state index contributed by atoms with van der Waals surface area (Å²) in [5.41, 5.74) is 8.06. The molecular weight excluding hydrogens is 396 g/mol. The first-order valence-corrected chi connectivity index (χ1v) is 9.73. The summed E-state index contributed by atoms with van der Waals surface area (Å²) in [5, 5.41) is 10.2. The first-order valence-electron chi connectivity index (χ1n) is 8.95. The second-order valence-corrected chi connectivity index (χ2v) is 7.59. The molecule has 2 heterocycles. The number of nitrogens with two attached hydrogens (primary N) is 1. The number of anilines is 1. The Morgan fingerprint density at radius 2 is 2.04 bits per heavy atom. The molecule has 0 saturated carbocycles. The molecule has 2 N–H and O–H groups in total. The minimum Gasteiger partial charge on any atom is -0.384 e. The molecule has 148 valence electrons. The van der Waals surface area contributed by atoms with Crippen LogP contribution in [0.3, 0.4) is 0 Å².